The summed E-state index contributed by atoms with van der Waals surface area (Å²) < 4.78 is 5.47. The first-order chi connectivity index (χ1) is 15.0. The number of aromatic amines is 1. The van der Waals surface area contributed by atoms with E-state index in [4.69, 9.17) is 4.74 Å². The van der Waals surface area contributed by atoms with Crippen molar-refractivity contribution in [2.45, 2.75) is 26.4 Å². The maximum Gasteiger partial charge on any atom is 0.338 e. The van der Waals surface area contributed by atoms with E-state index in [-0.39, 0.29) is 5.91 Å². The smallest absolute Gasteiger partial charge is 0.338 e. The van der Waals surface area contributed by atoms with Gasteiger partial charge in [0.25, 0.3) is 5.91 Å². The number of nitrogens with one attached hydrogen (secondary N) is 2. The summed E-state index contributed by atoms with van der Waals surface area (Å²) in [5.41, 5.74) is 4.54. The Bertz CT molecular complexity index is 1220. The number of rotatable bonds is 6. The summed E-state index contributed by atoms with van der Waals surface area (Å²) in [7, 11) is 0. The molecule has 0 aliphatic heterocycles. The highest BCUT2D eigenvalue weighted by Crippen LogP contribution is 2.22. The second-order valence-electron chi connectivity index (χ2n) is 7.21. The Hall–Kier alpha value is -4.00. The number of carbonyl (C=O) groups excluding carboxylic acids is 2. The van der Waals surface area contributed by atoms with Crippen molar-refractivity contribution in [3.63, 3.8) is 0 Å². The Morgan fingerprint density at radius 3 is 2.52 bits per heavy atom. The summed E-state index contributed by atoms with van der Waals surface area (Å²) in [4.78, 5) is 36.9. The molecule has 0 aliphatic carbocycles. The third kappa shape index (κ3) is 4.61. The average molecular weight is 414 g/mol. The second kappa shape index (κ2) is 8.79. The maximum absolute atomic E-state index is 12.7. The topological polar surface area (TPSA) is 97.0 Å². The van der Waals surface area contributed by atoms with E-state index in [0.717, 1.165) is 22.4 Å². The van der Waals surface area contributed by atoms with Gasteiger partial charge in [0.2, 0.25) is 0 Å². The van der Waals surface area contributed by atoms with Crippen molar-refractivity contribution in [2.24, 2.45) is 0 Å². The lowest BCUT2D eigenvalue weighted by molar-refractivity contribution is -0.124. The zero-order valence-corrected chi connectivity index (χ0v) is 17.3. The minimum Gasteiger partial charge on any atom is -0.449 e. The first-order valence-electron chi connectivity index (χ1n) is 10.0. The van der Waals surface area contributed by atoms with Gasteiger partial charge in [0.15, 0.2) is 6.10 Å². The Morgan fingerprint density at radius 2 is 1.81 bits per heavy atom. The highest BCUT2D eigenvalue weighted by Gasteiger charge is 2.22. The number of amides is 1. The van der Waals surface area contributed by atoms with E-state index in [1.54, 1.807) is 49.6 Å². The van der Waals surface area contributed by atoms with Crippen molar-refractivity contribution >= 4 is 28.6 Å². The molecule has 1 unspecified atom stereocenters. The van der Waals surface area contributed by atoms with Crippen molar-refractivity contribution in [2.75, 3.05) is 5.32 Å². The number of hydrogen-bond donors (Lipinski definition) is 2. The van der Waals surface area contributed by atoms with Crippen LogP contribution in [0.1, 0.15) is 29.3 Å². The van der Waals surface area contributed by atoms with Gasteiger partial charge in [-0.05, 0) is 43.7 Å². The average Bonchev–Trinajstić information content (AvgIpc) is 3.21. The molecular weight excluding hydrogens is 392 g/mol. The van der Waals surface area contributed by atoms with Crippen LogP contribution in [0.3, 0.4) is 0 Å². The Labute approximate surface area is 179 Å². The van der Waals surface area contributed by atoms with Crippen LogP contribution in [0, 0.1) is 6.92 Å². The molecule has 1 atom stereocenters. The summed E-state index contributed by atoms with van der Waals surface area (Å²) >= 11 is 0. The van der Waals surface area contributed by atoms with E-state index in [2.05, 4.69) is 20.3 Å². The van der Waals surface area contributed by atoms with Gasteiger partial charge in [-0.3, -0.25) is 9.78 Å². The van der Waals surface area contributed by atoms with Gasteiger partial charge >= 0.3 is 5.97 Å². The van der Waals surface area contributed by atoms with E-state index in [1.807, 2.05) is 31.2 Å². The molecule has 31 heavy (non-hydrogen) atoms. The number of aryl methyl sites for hydroxylation is 1. The van der Waals surface area contributed by atoms with Crippen LogP contribution in [0.15, 0.2) is 67.0 Å². The normalized spacial score (nSPS) is 11.8. The second-order valence-corrected chi connectivity index (χ2v) is 7.21. The number of ether oxygens (including phenoxy) is 1. The Morgan fingerprint density at radius 1 is 1.06 bits per heavy atom. The van der Waals surface area contributed by atoms with Crippen LogP contribution < -0.4 is 5.32 Å². The number of imidazole rings is 1. The SMILES string of the molecule is CCC(OC(=O)c1ccc2nc(-c3ccc(C)cc3)[nH]c2c1)C(=O)Nc1ccncc1. The fourth-order valence-corrected chi connectivity index (χ4v) is 3.16. The summed E-state index contributed by atoms with van der Waals surface area (Å²) in [5.74, 6) is -0.222. The third-order valence-corrected chi connectivity index (χ3v) is 4.90. The summed E-state index contributed by atoms with van der Waals surface area (Å²) in [6.45, 7) is 3.82. The van der Waals surface area contributed by atoms with E-state index in [0.29, 0.717) is 17.7 Å². The molecule has 7 nitrogen and oxygen atoms in total. The number of carbonyl (C=O) groups is 2. The van der Waals surface area contributed by atoms with E-state index >= 15 is 0 Å². The van der Waals surface area contributed by atoms with Crippen LogP contribution in [0.5, 0.6) is 0 Å². The first-order valence-corrected chi connectivity index (χ1v) is 10.0. The van der Waals surface area contributed by atoms with Crippen LogP contribution in [-0.2, 0) is 9.53 Å². The van der Waals surface area contributed by atoms with Crippen LogP contribution in [0.4, 0.5) is 5.69 Å². The number of hydrogen-bond acceptors (Lipinski definition) is 5. The molecular formula is C24H22N4O3. The number of aromatic nitrogens is 3. The van der Waals surface area contributed by atoms with Gasteiger partial charge in [-0.25, -0.2) is 9.78 Å². The van der Waals surface area contributed by atoms with E-state index < -0.39 is 12.1 Å². The van der Waals surface area contributed by atoms with Gasteiger partial charge in [-0.1, -0.05) is 36.8 Å². The minimum atomic E-state index is -0.902. The van der Waals surface area contributed by atoms with Crippen molar-refractivity contribution in [3.05, 3.63) is 78.1 Å². The van der Waals surface area contributed by atoms with E-state index in [9.17, 15) is 9.59 Å². The lowest BCUT2D eigenvalue weighted by atomic mass is 10.1. The highest BCUT2D eigenvalue weighted by molar-refractivity contribution is 5.98. The van der Waals surface area contributed by atoms with Crippen LogP contribution in [0.2, 0.25) is 0 Å². The van der Waals surface area contributed by atoms with Crippen molar-refractivity contribution in [1.29, 1.82) is 0 Å². The third-order valence-electron chi connectivity index (χ3n) is 4.90. The number of fused-ring (bicyclic) bond motifs is 1. The molecule has 0 radical (unpaired) electrons. The van der Waals surface area contributed by atoms with Crippen LogP contribution in [0.25, 0.3) is 22.4 Å². The van der Waals surface area contributed by atoms with Gasteiger partial charge in [0.1, 0.15) is 5.82 Å². The number of esters is 1. The fourth-order valence-electron chi connectivity index (χ4n) is 3.16. The number of anilines is 1. The van der Waals surface area contributed by atoms with Crippen LogP contribution >= 0.6 is 0 Å². The molecule has 4 rings (SSSR count). The monoisotopic (exact) mass is 414 g/mol. The Kier molecular flexibility index (Phi) is 5.75. The molecule has 156 valence electrons. The summed E-state index contributed by atoms with van der Waals surface area (Å²) in [6.07, 6.45) is 2.60. The van der Waals surface area contributed by atoms with Gasteiger partial charge in [0, 0.05) is 23.6 Å². The predicted octanol–water partition coefficient (Wildman–Crippen LogP) is 4.51. The molecule has 0 bridgehead atoms. The number of H-pyrrole nitrogens is 1. The maximum atomic E-state index is 12.7. The molecule has 2 aromatic carbocycles. The molecule has 0 saturated carbocycles. The number of benzene rings is 2. The van der Waals surface area contributed by atoms with Crippen LogP contribution in [-0.4, -0.2) is 32.9 Å². The van der Waals surface area contributed by atoms with Crippen molar-refractivity contribution in [1.82, 2.24) is 15.0 Å². The molecule has 0 saturated heterocycles. The van der Waals surface area contributed by atoms with Gasteiger partial charge in [-0.15, -0.1) is 0 Å². The van der Waals surface area contributed by atoms with Gasteiger partial charge in [0.05, 0.1) is 16.6 Å². The summed E-state index contributed by atoms with van der Waals surface area (Å²) in [6, 6.07) is 16.5. The minimum absolute atomic E-state index is 0.349. The zero-order valence-electron chi connectivity index (χ0n) is 17.3. The Balaban J connectivity index is 1.50. The molecule has 2 aromatic heterocycles. The van der Waals surface area contributed by atoms with Crippen molar-refractivity contribution < 1.29 is 14.3 Å². The lowest BCUT2D eigenvalue weighted by Gasteiger charge is -2.16. The molecule has 0 spiro atoms. The standard InChI is InChI=1S/C24H22N4O3/c1-3-21(23(29)26-18-10-12-25-13-11-18)31-24(30)17-8-9-19-20(14-17)28-22(27-19)16-6-4-15(2)5-7-16/h4-14,21H,3H2,1-2H3,(H,27,28)(H,25,26,29). The first kappa shape index (κ1) is 20.3. The highest BCUT2D eigenvalue weighted by atomic mass is 16.5. The number of nitrogens with zero attached hydrogens (tertiary/aromatic N) is 2. The molecule has 4 aromatic rings. The number of pyridine rings is 1. The molecule has 0 aliphatic rings. The predicted molar refractivity (Wildman–Crippen MR) is 119 cm³/mol. The van der Waals surface area contributed by atoms with Gasteiger partial charge in [-0.2, -0.15) is 0 Å². The molecule has 0 fully saturated rings. The molecule has 7 heteroatoms. The molecule has 2 heterocycles. The van der Waals surface area contributed by atoms with Gasteiger partial charge < -0.3 is 15.0 Å². The zero-order chi connectivity index (χ0) is 21.8. The fraction of sp³-hybridized carbons (Fsp3) is 0.167. The molecule has 2 N–H and O–H groups in total. The van der Waals surface area contributed by atoms with E-state index in [1.165, 1.54) is 5.56 Å². The van der Waals surface area contributed by atoms with Crippen molar-refractivity contribution in [3.8, 4) is 11.4 Å². The summed E-state index contributed by atoms with van der Waals surface area (Å²) in [5, 5.41) is 2.73. The lowest BCUT2D eigenvalue weighted by Crippen LogP contribution is -2.32. The quantitative estimate of drug-likeness (QED) is 0.453. The largest absolute Gasteiger partial charge is 0.449 e. The molecule has 1 amide bonds.